The molecule has 5 heteroatoms. The van der Waals surface area contributed by atoms with E-state index in [0.29, 0.717) is 17.7 Å². The lowest BCUT2D eigenvalue weighted by atomic mass is 10.0. The Hall–Kier alpha value is -2.95. The molecule has 1 N–H and O–H groups in total. The first-order valence-electron chi connectivity index (χ1n) is 13.4. The molecule has 5 nitrogen and oxygen atoms in total. The summed E-state index contributed by atoms with van der Waals surface area (Å²) in [4.78, 5) is 24.0. The van der Waals surface area contributed by atoms with Crippen molar-refractivity contribution in [3.8, 4) is 5.75 Å². The van der Waals surface area contributed by atoms with E-state index in [1.54, 1.807) is 54.7 Å². The largest absolute Gasteiger partial charge is 0.423 e. The average Bonchev–Trinajstić information content (AvgIpc) is 2.88. The van der Waals surface area contributed by atoms with E-state index < -0.39 is 5.97 Å². The minimum Gasteiger partial charge on any atom is -0.423 e. The predicted octanol–water partition coefficient (Wildman–Crippen LogP) is 7.84. The maximum absolute atomic E-state index is 12.1. The summed E-state index contributed by atoms with van der Waals surface area (Å²) < 4.78 is 5.36. The zero-order chi connectivity index (χ0) is 25.0. The number of nitrogens with zero attached hydrogens (tertiary/aromatic N) is 1. The highest BCUT2D eigenvalue weighted by molar-refractivity contribution is 5.91. The first-order chi connectivity index (χ1) is 17.2. The fraction of sp³-hybridized carbons (Fsp3) is 0.500. The van der Waals surface area contributed by atoms with Crippen molar-refractivity contribution < 1.29 is 14.3 Å². The Morgan fingerprint density at radius 3 is 1.86 bits per heavy atom. The van der Waals surface area contributed by atoms with Crippen molar-refractivity contribution >= 4 is 18.1 Å². The highest BCUT2D eigenvalue weighted by Gasteiger charge is 2.07. The third-order valence-electron chi connectivity index (χ3n) is 6.01. The molecular weight excluding hydrogens is 436 g/mol. The molecule has 2 rings (SSSR count). The van der Waals surface area contributed by atoms with Gasteiger partial charge in [-0.25, -0.2) is 10.2 Å². The van der Waals surface area contributed by atoms with Gasteiger partial charge in [-0.2, -0.15) is 5.10 Å². The summed E-state index contributed by atoms with van der Waals surface area (Å²) in [6.07, 6.45) is 18.9. The van der Waals surface area contributed by atoms with Crippen LogP contribution in [0.15, 0.2) is 59.7 Å². The molecule has 0 aromatic heterocycles. The molecule has 1 amide bonds. The standard InChI is InChI=1S/C30H42N2O3/c1-2-3-4-5-6-7-8-9-10-11-12-13-17-20-29(33)32-31-25-26-21-23-28(24-22-26)35-30(34)27-18-15-14-16-19-27/h14-16,18-19,21-25H,2-13,17,20H2,1H3,(H,32,33)/b31-25+. The van der Waals surface area contributed by atoms with Crippen LogP contribution in [-0.2, 0) is 4.79 Å². The Morgan fingerprint density at radius 1 is 0.743 bits per heavy atom. The van der Waals surface area contributed by atoms with Crippen molar-refractivity contribution in [2.45, 2.75) is 96.8 Å². The minimum absolute atomic E-state index is 0.0577. The monoisotopic (exact) mass is 478 g/mol. The quantitative estimate of drug-likeness (QED) is 0.0780. The van der Waals surface area contributed by atoms with Gasteiger partial charge in [0.2, 0.25) is 5.91 Å². The Balaban J connectivity index is 1.48. The number of amides is 1. The van der Waals surface area contributed by atoms with E-state index in [9.17, 15) is 9.59 Å². The van der Waals surface area contributed by atoms with Crippen LogP contribution in [0.4, 0.5) is 0 Å². The van der Waals surface area contributed by atoms with Crippen molar-refractivity contribution in [2.24, 2.45) is 5.10 Å². The molecule has 0 aliphatic heterocycles. The number of carbonyl (C=O) groups is 2. The molecule has 0 unspecified atom stereocenters. The highest BCUT2D eigenvalue weighted by Crippen LogP contribution is 2.14. The van der Waals surface area contributed by atoms with E-state index in [2.05, 4.69) is 17.5 Å². The first-order valence-corrected chi connectivity index (χ1v) is 13.4. The Morgan fingerprint density at radius 2 is 1.29 bits per heavy atom. The van der Waals surface area contributed by atoms with E-state index >= 15 is 0 Å². The number of unbranched alkanes of at least 4 members (excludes halogenated alkanes) is 12. The molecule has 0 heterocycles. The maximum atomic E-state index is 12.1. The zero-order valence-corrected chi connectivity index (χ0v) is 21.3. The van der Waals surface area contributed by atoms with Crippen LogP contribution >= 0.6 is 0 Å². The SMILES string of the molecule is CCCCCCCCCCCCCCCC(=O)N/N=C/c1ccc(OC(=O)c2ccccc2)cc1. The number of ether oxygens (including phenoxy) is 1. The van der Waals surface area contributed by atoms with Crippen molar-refractivity contribution in [1.29, 1.82) is 0 Å². The number of nitrogens with one attached hydrogen (secondary N) is 1. The van der Waals surface area contributed by atoms with Gasteiger partial charge in [-0.05, 0) is 48.4 Å². The molecule has 0 fully saturated rings. The van der Waals surface area contributed by atoms with Gasteiger partial charge in [0, 0.05) is 6.42 Å². The van der Waals surface area contributed by atoms with Crippen molar-refractivity contribution in [1.82, 2.24) is 5.43 Å². The molecular formula is C30H42N2O3. The van der Waals surface area contributed by atoms with Crippen molar-refractivity contribution in [3.63, 3.8) is 0 Å². The number of benzene rings is 2. The van der Waals surface area contributed by atoms with Gasteiger partial charge in [-0.3, -0.25) is 4.79 Å². The number of hydrogen-bond acceptors (Lipinski definition) is 4. The third kappa shape index (κ3) is 13.5. The number of hydrazone groups is 1. The van der Waals surface area contributed by atoms with Crippen LogP contribution in [0.5, 0.6) is 5.75 Å². The number of rotatable bonds is 18. The zero-order valence-electron chi connectivity index (χ0n) is 21.3. The van der Waals surface area contributed by atoms with Crippen LogP contribution in [0.25, 0.3) is 0 Å². The van der Waals surface area contributed by atoms with Gasteiger partial charge in [0.05, 0.1) is 11.8 Å². The topological polar surface area (TPSA) is 67.8 Å². The van der Waals surface area contributed by atoms with Gasteiger partial charge in [-0.1, -0.05) is 102 Å². The smallest absolute Gasteiger partial charge is 0.343 e. The minimum atomic E-state index is -0.396. The summed E-state index contributed by atoms with van der Waals surface area (Å²) in [7, 11) is 0. The van der Waals surface area contributed by atoms with Gasteiger partial charge in [0.15, 0.2) is 0 Å². The molecule has 2 aromatic rings. The lowest BCUT2D eigenvalue weighted by Crippen LogP contribution is -2.16. The maximum Gasteiger partial charge on any atom is 0.343 e. The molecule has 0 radical (unpaired) electrons. The van der Waals surface area contributed by atoms with Gasteiger partial charge in [0.1, 0.15) is 5.75 Å². The summed E-state index contributed by atoms with van der Waals surface area (Å²) in [6.45, 7) is 2.26. The van der Waals surface area contributed by atoms with Crippen LogP contribution in [0, 0.1) is 0 Å². The Bertz CT molecular complexity index is 863. The normalized spacial score (nSPS) is 11.0. The Labute approximate surface area is 211 Å². The highest BCUT2D eigenvalue weighted by atomic mass is 16.5. The van der Waals surface area contributed by atoms with E-state index in [0.717, 1.165) is 18.4 Å². The molecule has 0 aliphatic carbocycles. The van der Waals surface area contributed by atoms with Crippen LogP contribution < -0.4 is 10.2 Å². The fourth-order valence-corrected chi connectivity index (χ4v) is 3.90. The third-order valence-corrected chi connectivity index (χ3v) is 6.01. The molecule has 35 heavy (non-hydrogen) atoms. The van der Waals surface area contributed by atoms with E-state index in [4.69, 9.17) is 4.74 Å². The molecule has 0 spiro atoms. The van der Waals surface area contributed by atoms with Gasteiger partial charge in [-0.15, -0.1) is 0 Å². The fourth-order valence-electron chi connectivity index (χ4n) is 3.90. The number of carbonyl (C=O) groups excluding carboxylic acids is 2. The lowest BCUT2D eigenvalue weighted by molar-refractivity contribution is -0.121. The summed E-state index contributed by atoms with van der Waals surface area (Å²) in [6, 6.07) is 15.9. The van der Waals surface area contributed by atoms with Gasteiger partial charge < -0.3 is 4.74 Å². The van der Waals surface area contributed by atoms with Crippen LogP contribution in [0.2, 0.25) is 0 Å². The van der Waals surface area contributed by atoms with Crippen molar-refractivity contribution in [3.05, 3.63) is 65.7 Å². The van der Waals surface area contributed by atoms with Crippen LogP contribution in [0.3, 0.4) is 0 Å². The Kier molecular flexibility index (Phi) is 14.9. The number of hydrogen-bond donors (Lipinski definition) is 1. The average molecular weight is 479 g/mol. The second-order valence-electron chi connectivity index (χ2n) is 9.11. The van der Waals surface area contributed by atoms with E-state index in [1.807, 2.05) is 6.07 Å². The van der Waals surface area contributed by atoms with Crippen LogP contribution in [-0.4, -0.2) is 18.1 Å². The summed E-state index contributed by atoms with van der Waals surface area (Å²) >= 11 is 0. The second kappa shape index (κ2) is 18.4. The van der Waals surface area contributed by atoms with E-state index in [1.165, 1.54) is 70.6 Å². The molecule has 190 valence electrons. The first kappa shape index (κ1) is 28.3. The summed E-state index contributed by atoms with van der Waals surface area (Å²) in [5.41, 5.74) is 3.90. The predicted molar refractivity (Wildman–Crippen MR) is 144 cm³/mol. The van der Waals surface area contributed by atoms with E-state index in [-0.39, 0.29) is 5.91 Å². The van der Waals surface area contributed by atoms with Gasteiger partial charge >= 0.3 is 5.97 Å². The van der Waals surface area contributed by atoms with Gasteiger partial charge in [0.25, 0.3) is 0 Å². The number of esters is 1. The summed E-state index contributed by atoms with van der Waals surface area (Å²) in [5, 5.41) is 4.03. The summed E-state index contributed by atoms with van der Waals surface area (Å²) in [5.74, 6) is 0.00706. The molecule has 0 saturated carbocycles. The molecule has 0 saturated heterocycles. The van der Waals surface area contributed by atoms with Crippen LogP contribution in [0.1, 0.15) is 113 Å². The molecule has 0 bridgehead atoms. The lowest BCUT2D eigenvalue weighted by Gasteiger charge is -2.04. The second-order valence-corrected chi connectivity index (χ2v) is 9.11. The van der Waals surface area contributed by atoms with Crippen molar-refractivity contribution in [2.75, 3.05) is 0 Å². The molecule has 2 aromatic carbocycles. The molecule has 0 atom stereocenters. The molecule has 0 aliphatic rings.